The number of hydrogen-bond acceptors (Lipinski definition) is 6. The molecule has 0 aromatic heterocycles. The minimum Gasteiger partial charge on any atom is -0.462 e. The van der Waals surface area contributed by atoms with Crippen LogP contribution in [-0.2, 0) is 28.6 Å². The van der Waals surface area contributed by atoms with Gasteiger partial charge in [-0.1, -0.05) is 270 Å². The number of carbonyl (C=O) groups is 3. The second kappa shape index (κ2) is 61.1. The molecule has 74 heavy (non-hydrogen) atoms. The highest BCUT2D eigenvalue weighted by molar-refractivity contribution is 5.71. The maximum atomic E-state index is 12.8. The second-order valence-electron chi connectivity index (χ2n) is 19.5. The SMILES string of the molecule is CC/C=C\C/C=C\C/C=C\C/C=C\C/C=C\C/C=C\CCC(=O)OC(COC(=O)CCCCCCCC)COC(=O)CCCCCCCCCCCCCCCCC/C=C\C/C=C\C/C=C\C/C=C\C/C=C\CC. The maximum Gasteiger partial charge on any atom is 0.306 e. The van der Waals surface area contributed by atoms with Gasteiger partial charge in [0, 0.05) is 19.3 Å². The van der Waals surface area contributed by atoms with Crippen molar-refractivity contribution in [3.63, 3.8) is 0 Å². The highest BCUT2D eigenvalue weighted by Crippen LogP contribution is 2.15. The molecule has 0 aliphatic rings. The van der Waals surface area contributed by atoms with Crippen LogP contribution < -0.4 is 0 Å². The Labute approximate surface area is 455 Å². The molecule has 1 atom stereocenters. The van der Waals surface area contributed by atoms with E-state index in [9.17, 15) is 14.4 Å². The van der Waals surface area contributed by atoms with E-state index in [0.717, 1.165) is 109 Å². The molecule has 0 aromatic rings. The van der Waals surface area contributed by atoms with Crippen molar-refractivity contribution >= 4 is 17.9 Å². The van der Waals surface area contributed by atoms with Gasteiger partial charge in [-0.05, 0) is 103 Å². The monoisotopic (exact) mass is 1020 g/mol. The fraction of sp³-hybridized carbons (Fsp3) is 0.632. The fourth-order valence-electron chi connectivity index (χ4n) is 7.97. The van der Waals surface area contributed by atoms with Crippen LogP contribution in [-0.4, -0.2) is 37.2 Å². The lowest BCUT2D eigenvalue weighted by molar-refractivity contribution is -0.166. The second-order valence-corrected chi connectivity index (χ2v) is 19.5. The Morgan fingerprint density at radius 1 is 0.284 bits per heavy atom. The highest BCUT2D eigenvalue weighted by Gasteiger charge is 2.19. The van der Waals surface area contributed by atoms with Crippen LogP contribution in [0, 0.1) is 0 Å². The van der Waals surface area contributed by atoms with Crippen LogP contribution in [0.25, 0.3) is 0 Å². The summed E-state index contributed by atoms with van der Waals surface area (Å²) >= 11 is 0. The molecule has 0 aliphatic carbocycles. The summed E-state index contributed by atoms with van der Waals surface area (Å²) in [4.78, 5) is 37.9. The summed E-state index contributed by atoms with van der Waals surface area (Å²) in [6.45, 7) is 6.28. The molecule has 0 heterocycles. The van der Waals surface area contributed by atoms with E-state index in [1.54, 1.807) is 0 Å². The van der Waals surface area contributed by atoms with Crippen molar-refractivity contribution in [2.24, 2.45) is 0 Å². The van der Waals surface area contributed by atoms with Crippen molar-refractivity contribution in [2.45, 2.75) is 264 Å². The van der Waals surface area contributed by atoms with Gasteiger partial charge in [0.1, 0.15) is 13.2 Å². The van der Waals surface area contributed by atoms with Gasteiger partial charge >= 0.3 is 17.9 Å². The number of allylic oxidation sites excluding steroid dienone is 22. The molecule has 0 saturated heterocycles. The van der Waals surface area contributed by atoms with Crippen LogP contribution in [0.3, 0.4) is 0 Å². The quantitative estimate of drug-likeness (QED) is 0.0261. The molecule has 0 radical (unpaired) electrons. The van der Waals surface area contributed by atoms with Crippen LogP contribution in [0.2, 0.25) is 0 Å². The van der Waals surface area contributed by atoms with E-state index in [2.05, 4.69) is 142 Å². The van der Waals surface area contributed by atoms with Gasteiger partial charge in [-0.2, -0.15) is 0 Å². The molecule has 1 unspecified atom stereocenters. The highest BCUT2D eigenvalue weighted by atomic mass is 16.6. The van der Waals surface area contributed by atoms with Gasteiger partial charge in [0.25, 0.3) is 0 Å². The number of hydrogen-bond donors (Lipinski definition) is 0. The topological polar surface area (TPSA) is 78.9 Å². The third kappa shape index (κ3) is 58.4. The molecule has 0 saturated carbocycles. The van der Waals surface area contributed by atoms with Crippen LogP contribution in [0.15, 0.2) is 134 Å². The van der Waals surface area contributed by atoms with Crippen LogP contribution >= 0.6 is 0 Å². The van der Waals surface area contributed by atoms with Gasteiger partial charge < -0.3 is 14.2 Å². The lowest BCUT2D eigenvalue weighted by Crippen LogP contribution is -2.30. The summed E-state index contributed by atoms with van der Waals surface area (Å²) in [7, 11) is 0. The molecule has 0 aliphatic heterocycles. The Morgan fingerprint density at radius 3 is 0.878 bits per heavy atom. The molecule has 0 aromatic carbocycles. The lowest BCUT2D eigenvalue weighted by Gasteiger charge is -2.18. The van der Waals surface area contributed by atoms with E-state index in [1.807, 2.05) is 12.2 Å². The van der Waals surface area contributed by atoms with E-state index < -0.39 is 12.1 Å². The molecule has 0 bridgehead atoms. The Kier molecular flexibility index (Phi) is 57.4. The van der Waals surface area contributed by atoms with Gasteiger partial charge in [0.15, 0.2) is 6.10 Å². The van der Waals surface area contributed by atoms with Crippen LogP contribution in [0.5, 0.6) is 0 Å². The van der Waals surface area contributed by atoms with E-state index in [-0.39, 0.29) is 31.6 Å². The van der Waals surface area contributed by atoms with Gasteiger partial charge in [-0.3, -0.25) is 14.4 Å². The van der Waals surface area contributed by atoms with E-state index in [0.29, 0.717) is 19.3 Å². The summed E-state index contributed by atoms with van der Waals surface area (Å²) < 4.78 is 16.7. The molecule has 0 spiro atoms. The Balaban J connectivity index is 4.15. The molecule has 0 fully saturated rings. The molecule has 0 N–H and O–H groups in total. The first-order valence-corrected chi connectivity index (χ1v) is 30.2. The Bertz CT molecular complexity index is 1600. The van der Waals surface area contributed by atoms with E-state index in [4.69, 9.17) is 14.2 Å². The zero-order valence-electron chi connectivity index (χ0n) is 47.8. The maximum absolute atomic E-state index is 12.8. The lowest BCUT2D eigenvalue weighted by atomic mass is 10.0. The predicted molar refractivity (Wildman–Crippen MR) is 320 cm³/mol. The number of ether oxygens (including phenoxy) is 3. The molecule has 6 nitrogen and oxygen atoms in total. The fourth-order valence-corrected chi connectivity index (χ4v) is 7.97. The van der Waals surface area contributed by atoms with Crippen molar-refractivity contribution < 1.29 is 28.6 Å². The summed E-state index contributed by atoms with van der Waals surface area (Å²) in [5.41, 5.74) is 0. The minimum absolute atomic E-state index is 0.110. The van der Waals surface area contributed by atoms with Gasteiger partial charge in [-0.15, -0.1) is 0 Å². The zero-order chi connectivity index (χ0) is 53.6. The zero-order valence-corrected chi connectivity index (χ0v) is 47.8. The number of esters is 3. The van der Waals surface area contributed by atoms with Crippen molar-refractivity contribution in [3.05, 3.63) is 134 Å². The van der Waals surface area contributed by atoms with E-state index >= 15 is 0 Å². The average molecular weight is 1020 g/mol. The Hall–Kier alpha value is -4.45. The van der Waals surface area contributed by atoms with Gasteiger partial charge in [0.2, 0.25) is 0 Å². The van der Waals surface area contributed by atoms with Crippen LogP contribution in [0.4, 0.5) is 0 Å². The molecular weight excluding hydrogens is 913 g/mol. The largest absolute Gasteiger partial charge is 0.462 e. The number of carbonyl (C=O) groups excluding carboxylic acids is 3. The predicted octanol–water partition coefficient (Wildman–Crippen LogP) is 20.6. The molecule has 418 valence electrons. The number of unbranched alkanes of at least 4 members (excludes halogenated alkanes) is 20. The molecule has 6 heteroatoms. The van der Waals surface area contributed by atoms with Crippen molar-refractivity contribution in [1.82, 2.24) is 0 Å². The third-order valence-electron chi connectivity index (χ3n) is 12.4. The Morgan fingerprint density at radius 2 is 0.554 bits per heavy atom. The van der Waals surface area contributed by atoms with E-state index in [1.165, 1.54) is 103 Å². The summed E-state index contributed by atoms with van der Waals surface area (Å²) in [5.74, 6) is -1.01. The van der Waals surface area contributed by atoms with Crippen molar-refractivity contribution in [3.8, 4) is 0 Å². The first-order chi connectivity index (χ1) is 36.5. The number of rotatable bonds is 53. The van der Waals surface area contributed by atoms with Crippen molar-refractivity contribution in [1.29, 1.82) is 0 Å². The minimum atomic E-state index is -0.818. The summed E-state index contributed by atoms with van der Waals surface area (Å²) in [5, 5.41) is 0. The summed E-state index contributed by atoms with van der Waals surface area (Å²) in [6, 6.07) is 0. The average Bonchev–Trinajstić information content (AvgIpc) is 3.40. The van der Waals surface area contributed by atoms with Gasteiger partial charge in [0.05, 0.1) is 0 Å². The third-order valence-corrected chi connectivity index (χ3v) is 12.4. The first-order valence-electron chi connectivity index (χ1n) is 30.2. The normalized spacial score (nSPS) is 13.1. The smallest absolute Gasteiger partial charge is 0.306 e. The summed E-state index contributed by atoms with van der Waals surface area (Å²) in [6.07, 6.45) is 86.5. The van der Waals surface area contributed by atoms with Crippen LogP contribution in [0.1, 0.15) is 258 Å². The molecular formula is C68H110O6. The first kappa shape index (κ1) is 69.5. The molecule has 0 rings (SSSR count). The van der Waals surface area contributed by atoms with Gasteiger partial charge in [-0.25, -0.2) is 0 Å². The standard InChI is InChI=1S/C68H110O6/c1-4-7-10-13-16-18-20-22-24-26-28-29-30-31-32-33-34-35-36-37-38-39-41-42-44-46-48-50-52-55-58-61-67(70)73-64-65(63-72-66(69)60-57-54-15-12-9-6-3)74-68(71)62-59-56-53-51-49-47-45-43-40-27-25-23-21-19-17-14-11-8-5-2/h7-8,10-11,16-19,22-25,28-29,31-32,40,43,47,49,53,56,65H,4-6,9,12-15,20-21,26-27,30,33-39,41-42,44-46,48,50-52,54-55,57-64H2,1-3H3/b10-7-,11-8-,18-16-,19-17-,24-22-,25-23-,29-28-,32-31-,43-40-,49-47-,56-53-. The molecule has 0 amide bonds. The van der Waals surface area contributed by atoms with Crippen molar-refractivity contribution in [2.75, 3.05) is 13.2 Å².